The topological polar surface area (TPSA) is 49.8 Å². The lowest BCUT2D eigenvalue weighted by atomic mass is 9.92. The van der Waals surface area contributed by atoms with Crippen LogP contribution in [0.3, 0.4) is 0 Å². The number of halogens is 3. The molecule has 3 nitrogen and oxygen atoms in total. The van der Waals surface area contributed by atoms with Crippen LogP contribution in [0.25, 0.3) is 11.1 Å². The van der Waals surface area contributed by atoms with Gasteiger partial charge < -0.3 is 9.84 Å². The lowest BCUT2D eigenvalue weighted by Gasteiger charge is -2.12. The largest absolute Gasteiger partial charge is 0.479 e. The maximum absolute atomic E-state index is 14.7. The zero-order valence-corrected chi connectivity index (χ0v) is 11.4. The number of aliphatic carboxylic acids is 1. The highest BCUT2D eigenvalue weighted by Crippen LogP contribution is 2.48. The van der Waals surface area contributed by atoms with Crippen molar-refractivity contribution >= 4 is 5.97 Å². The van der Waals surface area contributed by atoms with Gasteiger partial charge >= 0.3 is 5.97 Å². The first-order valence-electron chi connectivity index (χ1n) is 6.49. The van der Waals surface area contributed by atoms with Gasteiger partial charge in [0.1, 0.15) is 23.1 Å². The number of carbonyl (C=O) groups is 1. The number of carboxylic acids is 1. The van der Waals surface area contributed by atoms with Crippen molar-refractivity contribution in [2.75, 3.05) is 0 Å². The van der Waals surface area contributed by atoms with Gasteiger partial charge in [0.05, 0.1) is 0 Å². The molecule has 1 N–H and O–H groups in total. The van der Waals surface area contributed by atoms with E-state index < -0.39 is 35.1 Å². The maximum Gasteiger partial charge on any atom is 0.336 e. The summed E-state index contributed by atoms with van der Waals surface area (Å²) in [4.78, 5) is 11.0. The Kier molecular flexibility index (Phi) is 3.21. The summed E-state index contributed by atoms with van der Waals surface area (Å²) in [5.74, 6) is -3.63. The van der Waals surface area contributed by atoms with Crippen LogP contribution in [0.2, 0.25) is 0 Å². The van der Waals surface area contributed by atoms with Crippen LogP contribution in [0.5, 0.6) is 0 Å². The van der Waals surface area contributed by atoms with E-state index in [2.05, 4.69) is 0 Å². The number of rotatable bonds is 3. The van der Waals surface area contributed by atoms with E-state index in [1.807, 2.05) is 0 Å². The summed E-state index contributed by atoms with van der Waals surface area (Å²) >= 11 is 0. The first-order valence-corrected chi connectivity index (χ1v) is 6.49. The van der Waals surface area contributed by atoms with Crippen molar-refractivity contribution in [3.05, 3.63) is 59.4 Å². The Morgan fingerprint density at radius 2 is 1.91 bits per heavy atom. The quantitative estimate of drug-likeness (QED) is 0.883. The van der Waals surface area contributed by atoms with Gasteiger partial charge in [0, 0.05) is 22.8 Å². The Balaban J connectivity index is 2.09. The lowest BCUT2D eigenvalue weighted by molar-refractivity contribution is -0.138. The second-order valence-corrected chi connectivity index (χ2v) is 5.23. The molecule has 0 saturated carbocycles. The first kappa shape index (κ1) is 14.6. The van der Waals surface area contributed by atoms with Crippen LogP contribution in [-0.4, -0.2) is 17.2 Å². The number of hydrogen-bond donors (Lipinski definition) is 1. The number of carboxylic acid groups (broad SMARTS) is 1. The summed E-state index contributed by atoms with van der Waals surface area (Å²) in [6, 6.07) is 7.04. The smallest absolute Gasteiger partial charge is 0.336 e. The van der Waals surface area contributed by atoms with E-state index in [0.29, 0.717) is 6.07 Å². The lowest BCUT2D eigenvalue weighted by Crippen LogP contribution is -2.17. The standard InChI is InChI=1S/C16H11F3O3/c1-16(14(22-16)15(20)21)11-4-2-3-10(13(11)19)9-6-5-8(17)7-12(9)18/h2-7,14H,1H3,(H,20,21). The summed E-state index contributed by atoms with van der Waals surface area (Å²) in [6.07, 6.45) is -1.14. The minimum absolute atomic E-state index is 0.0288. The Morgan fingerprint density at radius 3 is 2.50 bits per heavy atom. The number of epoxide rings is 1. The molecule has 6 heteroatoms. The van der Waals surface area contributed by atoms with Crippen molar-refractivity contribution in [3.8, 4) is 11.1 Å². The Hall–Kier alpha value is -2.34. The second-order valence-electron chi connectivity index (χ2n) is 5.23. The van der Waals surface area contributed by atoms with Crippen molar-refractivity contribution in [1.82, 2.24) is 0 Å². The maximum atomic E-state index is 14.7. The molecule has 1 aliphatic rings. The molecule has 0 radical (unpaired) electrons. The van der Waals surface area contributed by atoms with Crippen molar-refractivity contribution in [2.45, 2.75) is 18.6 Å². The molecule has 0 aliphatic carbocycles. The Bertz CT molecular complexity index is 775. The van der Waals surface area contributed by atoms with E-state index in [-0.39, 0.29) is 16.7 Å². The predicted octanol–water partition coefficient (Wildman–Crippen LogP) is 3.47. The minimum atomic E-state index is -1.29. The fourth-order valence-corrected chi connectivity index (χ4v) is 2.53. The molecule has 1 heterocycles. The zero-order valence-electron chi connectivity index (χ0n) is 11.4. The third-order valence-electron chi connectivity index (χ3n) is 3.78. The molecule has 22 heavy (non-hydrogen) atoms. The van der Waals surface area contributed by atoms with Gasteiger partial charge in [-0.1, -0.05) is 18.2 Å². The molecular formula is C16H11F3O3. The van der Waals surface area contributed by atoms with Gasteiger partial charge in [-0.25, -0.2) is 18.0 Å². The van der Waals surface area contributed by atoms with Gasteiger partial charge in [-0.2, -0.15) is 0 Å². The predicted molar refractivity (Wildman–Crippen MR) is 71.6 cm³/mol. The Morgan fingerprint density at radius 1 is 1.18 bits per heavy atom. The summed E-state index contributed by atoms with van der Waals surface area (Å²) in [7, 11) is 0. The van der Waals surface area contributed by atoms with Gasteiger partial charge in [-0.3, -0.25) is 0 Å². The second kappa shape index (κ2) is 4.84. The van der Waals surface area contributed by atoms with Crippen molar-refractivity contribution < 1.29 is 27.8 Å². The molecule has 0 spiro atoms. The summed E-state index contributed by atoms with van der Waals surface area (Å²) in [5.41, 5.74) is -1.43. The molecule has 2 aromatic rings. The summed E-state index contributed by atoms with van der Waals surface area (Å²) < 4.78 is 46.6. The van der Waals surface area contributed by atoms with Crippen LogP contribution >= 0.6 is 0 Å². The molecule has 1 saturated heterocycles. The van der Waals surface area contributed by atoms with Crippen molar-refractivity contribution in [3.63, 3.8) is 0 Å². The average Bonchev–Trinajstić information content (AvgIpc) is 3.13. The van der Waals surface area contributed by atoms with E-state index in [9.17, 15) is 18.0 Å². The van der Waals surface area contributed by atoms with Gasteiger partial charge in [0.15, 0.2) is 6.10 Å². The molecule has 1 fully saturated rings. The molecule has 114 valence electrons. The molecular weight excluding hydrogens is 297 g/mol. The highest BCUT2D eigenvalue weighted by molar-refractivity contribution is 5.78. The number of benzene rings is 2. The molecule has 0 bridgehead atoms. The van der Waals surface area contributed by atoms with Crippen LogP contribution in [0.1, 0.15) is 12.5 Å². The molecule has 0 amide bonds. The van der Waals surface area contributed by atoms with Crippen LogP contribution in [-0.2, 0) is 15.1 Å². The fourth-order valence-electron chi connectivity index (χ4n) is 2.53. The molecule has 2 unspecified atom stereocenters. The number of hydrogen-bond acceptors (Lipinski definition) is 2. The van der Waals surface area contributed by atoms with Gasteiger partial charge in [0.25, 0.3) is 0 Å². The van der Waals surface area contributed by atoms with Crippen LogP contribution < -0.4 is 0 Å². The minimum Gasteiger partial charge on any atom is -0.479 e. The van der Waals surface area contributed by atoms with E-state index in [1.54, 1.807) is 0 Å². The third-order valence-corrected chi connectivity index (χ3v) is 3.78. The number of ether oxygens (including phenoxy) is 1. The van der Waals surface area contributed by atoms with Crippen LogP contribution in [0, 0.1) is 17.5 Å². The van der Waals surface area contributed by atoms with E-state index >= 15 is 0 Å². The molecule has 0 aromatic heterocycles. The van der Waals surface area contributed by atoms with Gasteiger partial charge in [-0.05, 0) is 19.1 Å². The molecule has 3 rings (SSSR count). The van der Waals surface area contributed by atoms with Crippen molar-refractivity contribution in [2.24, 2.45) is 0 Å². The van der Waals surface area contributed by atoms with E-state index in [4.69, 9.17) is 9.84 Å². The van der Waals surface area contributed by atoms with Crippen LogP contribution in [0.4, 0.5) is 13.2 Å². The van der Waals surface area contributed by atoms with Gasteiger partial charge in [0.2, 0.25) is 0 Å². The van der Waals surface area contributed by atoms with Crippen LogP contribution in [0.15, 0.2) is 36.4 Å². The third kappa shape index (κ3) is 2.16. The average molecular weight is 308 g/mol. The van der Waals surface area contributed by atoms with E-state index in [1.165, 1.54) is 25.1 Å². The van der Waals surface area contributed by atoms with E-state index in [0.717, 1.165) is 12.1 Å². The summed E-state index contributed by atoms with van der Waals surface area (Å²) in [6.45, 7) is 1.45. The van der Waals surface area contributed by atoms with Gasteiger partial charge in [-0.15, -0.1) is 0 Å². The summed E-state index contributed by atoms with van der Waals surface area (Å²) in [5, 5.41) is 8.95. The SMILES string of the molecule is CC1(c2cccc(-c3ccc(F)cc3F)c2F)OC1C(=O)O. The highest BCUT2D eigenvalue weighted by Gasteiger charge is 2.60. The fraction of sp³-hybridized carbons (Fsp3) is 0.188. The molecule has 1 aliphatic heterocycles. The van der Waals surface area contributed by atoms with Crippen molar-refractivity contribution in [1.29, 1.82) is 0 Å². The zero-order chi connectivity index (χ0) is 16.1. The molecule has 2 aromatic carbocycles. The molecule has 2 atom stereocenters. The Labute approximate surface area is 124 Å². The highest BCUT2D eigenvalue weighted by atomic mass is 19.1. The monoisotopic (exact) mass is 308 g/mol. The normalized spacial score (nSPS) is 23.4. The first-order chi connectivity index (χ1) is 10.3.